The van der Waals surface area contributed by atoms with E-state index in [0.717, 1.165) is 12.8 Å². The number of nitrogens with zero attached hydrogens (tertiary/aromatic N) is 3. The second kappa shape index (κ2) is 8.77. The molecule has 2 heterocycles. The van der Waals surface area contributed by atoms with Crippen LogP contribution in [0.15, 0.2) is 35.1 Å². The average Bonchev–Trinajstić information content (AvgIpc) is 3.01. The predicted octanol–water partition coefficient (Wildman–Crippen LogP) is 2.57. The van der Waals surface area contributed by atoms with Crippen molar-refractivity contribution in [3.8, 4) is 5.69 Å². The second-order valence-electron chi connectivity index (χ2n) is 6.51. The smallest absolute Gasteiger partial charge is 0.410 e. The van der Waals surface area contributed by atoms with E-state index >= 15 is 0 Å². The van der Waals surface area contributed by atoms with Gasteiger partial charge >= 0.3 is 17.8 Å². The largest absolute Gasteiger partial charge is 0.461 e. The molecule has 2 aromatic rings. The molecule has 0 radical (unpaired) electrons. The molecule has 1 aliphatic rings. The second-order valence-corrected chi connectivity index (χ2v) is 6.51. The van der Waals surface area contributed by atoms with E-state index in [4.69, 9.17) is 9.47 Å². The van der Waals surface area contributed by atoms with Gasteiger partial charge in [0.2, 0.25) is 0 Å². The molecule has 1 aliphatic heterocycles. The van der Waals surface area contributed by atoms with E-state index < -0.39 is 12.1 Å². The summed E-state index contributed by atoms with van der Waals surface area (Å²) >= 11 is 0. The molecule has 0 saturated heterocycles. The van der Waals surface area contributed by atoms with Gasteiger partial charge in [0.15, 0.2) is 5.69 Å². The number of imidazole rings is 1. The summed E-state index contributed by atoms with van der Waals surface area (Å²) in [7, 11) is 0. The molecule has 28 heavy (non-hydrogen) atoms. The highest BCUT2D eigenvalue weighted by atomic mass is 16.6. The molecule has 0 aliphatic carbocycles. The van der Waals surface area contributed by atoms with Crippen LogP contribution in [0.5, 0.6) is 0 Å². The zero-order valence-corrected chi connectivity index (χ0v) is 16.2. The molecule has 0 fully saturated rings. The number of ether oxygens (including phenoxy) is 2. The molecule has 0 saturated carbocycles. The van der Waals surface area contributed by atoms with Crippen molar-refractivity contribution in [2.24, 2.45) is 0 Å². The summed E-state index contributed by atoms with van der Waals surface area (Å²) in [5, 5.41) is 0. The zero-order chi connectivity index (χ0) is 20.1. The van der Waals surface area contributed by atoms with Crippen LogP contribution in [0.4, 0.5) is 4.79 Å². The third-order valence-electron chi connectivity index (χ3n) is 4.64. The number of esters is 1. The van der Waals surface area contributed by atoms with Crippen LogP contribution in [0.25, 0.3) is 5.69 Å². The van der Waals surface area contributed by atoms with Crippen LogP contribution in [0.3, 0.4) is 0 Å². The minimum absolute atomic E-state index is 0.119. The van der Waals surface area contributed by atoms with Gasteiger partial charge in [0, 0.05) is 13.1 Å². The lowest BCUT2D eigenvalue weighted by Gasteiger charge is -2.27. The first-order chi connectivity index (χ1) is 13.6. The lowest BCUT2D eigenvalue weighted by Crippen LogP contribution is -2.41. The van der Waals surface area contributed by atoms with Crippen molar-refractivity contribution in [2.75, 3.05) is 19.8 Å². The monoisotopic (exact) mass is 387 g/mol. The highest BCUT2D eigenvalue weighted by Gasteiger charge is 2.32. The van der Waals surface area contributed by atoms with Crippen LogP contribution in [-0.2, 0) is 22.6 Å². The molecule has 0 bridgehead atoms. The molecular weight excluding hydrogens is 362 g/mol. The fourth-order valence-electron chi connectivity index (χ4n) is 3.24. The van der Waals surface area contributed by atoms with Crippen molar-refractivity contribution < 1.29 is 19.1 Å². The third-order valence-corrected chi connectivity index (χ3v) is 4.64. The number of hydrogen-bond donors (Lipinski definition) is 0. The normalized spacial score (nSPS) is 13.1. The summed E-state index contributed by atoms with van der Waals surface area (Å²) in [6.45, 7) is 5.04. The molecule has 0 unspecified atom stereocenters. The summed E-state index contributed by atoms with van der Waals surface area (Å²) in [4.78, 5) is 39.6. The Morgan fingerprint density at radius 3 is 2.50 bits per heavy atom. The van der Waals surface area contributed by atoms with Crippen LogP contribution in [-0.4, -0.2) is 45.9 Å². The van der Waals surface area contributed by atoms with E-state index in [2.05, 4.69) is 0 Å². The van der Waals surface area contributed by atoms with E-state index in [1.165, 1.54) is 14.0 Å². The molecule has 1 aromatic carbocycles. The Balaban J connectivity index is 2.00. The van der Waals surface area contributed by atoms with Crippen LogP contribution in [0.1, 0.15) is 42.9 Å². The van der Waals surface area contributed by atoms with Crippen LogP contribution < -0.4 is 5.69 Å². The maximum Gasteiger partial charge on any atom is 0.410 e. The predicted molar refractivity (Wildman–Crippen MR) is 103 cm³/mol. The quantitative estimate of drug-likeness (QED) is 0.562. The van der Waals surface area contributed by atoms with Gasteiger partial charge in [0.1, 0.15) is 0 Å². The first kappa shape index (κ1) is 19.7. The first-order valence-corrected chi connectivity index (χ1v) is 9.57. The van der Waals surface area contributed by atoms with Crippen molar-refractivity contribution in [3.05, 3.63) is 52.2 Å². The molecule has 150 valence electrons. The maximum atomic E-state index is 13.0. The van der Waals surface area contributed by atoms with Crippen molar-refractivity contribution in [2.45, 2.75) is 39.8 Å². The van der Waals surface area contributed by atoms with Crippen molar-refractivity contribution >= 4 is 12.1 Å². The SMILES string of the molecule is CCCCOC(=O)N1CCn2c(c(C(=O)OCC)n(-c3ccccc3)c2=O)C1. The highest BCUT2D eigenvalue weighted by molar-refractivity contribution is 5.90. The number of amides is 1. The summed E-state index contributed by atoms with van der Waals surface area (Å²) in [6.07, 6.45) is 1.29. The lowest BCUT2D eigenvalue weighted by atomic mass is 10.2. The number of carbonyl (C=O) groups excluding carboxylic acids is 2. The molecule has 8 heteroatoms. The van der Waals surface area contributed by atoms with E-state index in [9.17, 15) is 14.4 Å². The van der Waals surface area contributed by atoms with Gasteiger partial charge in [-0.25, -0.2) is 14.4 Å². The van der Waals surface area contributed by atoms with Crippen molar-refractivity contribution in [3.63, 3.8) is 0 Å². The van der Waals surface area contributed by atoms with Gasteiger partial charge in [-0.3, -0.25) is 9.13 Å². The van der Waals surface area contributed by atoms with Crippen molar-refractivity contribution in [1.29, 1.82) is 0 Å². The Morgan fingerprint density at radius 1 is 1.07 bits per heavy atom. The fraction of sp³-hybridized carbons (Fsp3) is 0.450. The Labute approximate surface area is 163 Å². The number of fused-ring (bicyclic) bond motifs is 1. The Kier molecular flexibility index (Phi) is 6.18. The molecule has 8 nitrogen and oxygen atoms in total. The molecule has 1 aromatic heterocycles. The molecule has 0 spiro atoms. The Morgan fingerprint density at radius 2 is 1.82 bits per heavy atom. The molecule has 3 rings (SSSR count). The first-order valence-electron chi connectivity index (χ1n) is 9.57. The van der Waals surface area contributed by atoms with Gasteiger partial charge in [-0.15, -0.1) is 0 Å². The minimum atomic E-state index is -0.585. The number of hydrogen-bond acceptors (Lipinski definition) is 5. The number of unbranched alkanes of at least 4 members (excludes halogenated alkanes) is 1. The van der Waals surface area contributed by atoms with Gasteiger partial charge < -0.3 is 14.4 Å². The number of aromatic nitrogens is 2. The minimum Gasteiger partial charge on any atom is -0.461 e. The maximum absolute atomic E-state index is 13.0. The van der Waals surface area contributed by atoms with E-state index in [0.29, 0.717) is 31.1 Å². The van der Waals surface area contributed by atoms with Crippen LogP contribution in [0.2, 0.25) is 0 Å². The Bertz CT molecular complexity index is 901. The molecule has 0 atom stereocenters. The number of carbonyl (C=O) groups is 2. The number of benzene rings is 1. The average molecular weight is 387 g/mol. The molecule has 1 amide bonds. The molecular formula is C20H25N3O5. The summed E-state index contributed by atoms with van der Waals surface area (Å²) < 4.78 is 13.4. The number of para-hydroxylation sites is 1. The Hall–Kier alpha value is -3.03. The zero-order valence-electron chi connectivity index (χ0n) is 16.2. The van der Waals surface area contributed by atoms with E-state index in [1.54, 1.807) is 31.2 Å². The fourth-order valence-corrected chi connectivity index (χ4v) is 3.24. The number of rotatable bonds is 6. The van der Waals surface area contributed by atoms with Gasteiger partial charge in [-0.05, 0) is 25.5 Å². The lowest BCUT2D eigenvalue weighted by molar-refractivity contribution is 0.0510. The third kappa shape index (κ3) is 3.81. The van der Waals surface area contributed by atoms with Gasteiger partial charge in [-0.2, -0.15) is 0 Å². The van der Waals surface area contributed by atoms with Crippen molar-refractivity contribution in [1.82, 2.24) is 14.0 Å². The highest BCUT2D eigenvalue weighted by Crippen LogP contribution is 2.21. The summed E-state index contributed by atoms with van der Waals surface area (Å²) in [5.41, 5.74) is 0.882. The van der Waals surface area contributed by atoms with Crippen LogP contribution in [0, 0.1) is 0 Å². The summed E-state index contributed by atoms with van der Waals surface area (Å²) in [5.74, 6) is -0.585. The van der Waals surface area contributed by atoms with Gasteiger partial charge in [-0.1, -0.05) is 31.5 Å². The van der Waals surface area contributed by atoms with Gasteiger partial charge in [0.05, 0.1) is 31.1 Å². The van der Waals surface area contributed by atoms with E-state index in [-0.39, 0.29) is 24.5 Å². The summed E-state index contributed by atoms with van der Waals surface area (Å²) in [6, 6.07) is 8.94. The topological polar surface area (TPSA) is 82.8 Å². The van der Waals surface area contributed by atoms with Gasteiger partial charge in [0.25, 0.3) is 0 Å². The van der Waals surface area contributed by atoms with Crippen LogP contribution >= 0.6 is 0 Å². The molecule has 0 N–H and O–H groups in total. The van der Waals surface area contributed by atoms with E-state index in [1.807, 2.05) is 13.0 Å². The standard InChI is InChI=1S/C20H25N3O5/c1-3-5-13-28-20(26)21-11-12-22-16(14-21)17(18(24)27-4-2)23(19(22)25)15-9-7-6-8-10-15/h6-10H,3-5,11-14H2,1-2H3.